The molecule has 3 nitrogen and oxygen atoms in total. The van der Waals surface area contributed by atoms with Gasteiger partial charge in [-0.3, -0.25) is 4.79 Å². The van der Waals surface area contributed by atoms with E-state index in [0.29, 0.717) is 5.56 Å². The summed E-state index contributed by atoms with van der Waals surface area (Å²) in [6, 6.07) is 9.05. The maximum absolute atomic E-state index is 12.0. The third-order valence-electron chi connectivity index (χ3n) is 2.75. The Labute approximate surface area is 114 Å². The highest BCUT2D eigenvalue weighted by Crippen LogP contribution is 2.18. The summed E-state index contributed by atoms with van der Waals surface area (Å²) < 4.78 is 6.18. The van der Waals surface area contributed by atoms with Gasteiger partial charge < -0.3 is 9.73 Å². The van der Waals surface area contributed by atoms with E-state index in [1.165, 1.54) is 0 Å². The van der Waals surface area contributed by atoms with Crippen molar-refractivity contribution in [2.24, 2.45) is 0 Å². The Morgan fingerprint density at radius 1 is 1.39 bits per heavy atom. The lowest BCUT2D eigenvalue weighted by atomic mass is 10.1. The lowest BCUT2D eigenvalue weighted by Gasteiger charge is -2.12. The fraction of sp³-hybridized carbons (Fsp3) is 0.214. The number of amides is 1. The molecule has 1 aromatic carbocycles. The van der Waals surface area contributed by atoms with E-state index in [1.807, 2.05) is 38.1 Å². The summed E-state index contributed by atoms with van der Waals surface area (Å²) in [6.45, 7) is 3.87. The Kier molecular flexibility index (Phi) is 3.87. The first kappa shape index (κ1) is 12.9. The van der Waals surface area contributed by atoms with E-state index >= 15 is 0 Å². The summed E-state index contributed by atoms with van der Waals surface area (Å²) in [6.07, 6.45) is 1.60. The zero-order chi connectivity index (χ0) is 13.1. The predicted octanol–water partition coefficient (Wildman–Crippen LogP) is 3.84. The average Bonchev–Trinajstić information content (AvgIpc) is 2.86. The molecule has 1 aromatic heterocycles. The SMILES string of the molecule is Cc1ccc(C(=O)NC(C)c2ccco2)cc1Br. The van der Waals surface area contributed by atoms with Crippen LogP contribution in [-0.2, 0) is 0 Å². The number of rotatable bonds is 3. The second-order valence-corrected chi connectivity index (χ2v) is 5.03. The summed E-state index contributed by atoms with van der Waals surface area (Å²) >= 11 is 3.42. The van der Waals surface area contributed by atoms with Crippen molar-refractivity contribution < 1.29 is 9.21 Å². The lowest BCUT2D eigenvalue weighted by molar-refractivity contribution is 0.0935. The van der Waals surface area contributed by atoms with Gasteiger partial charge in [-0.1, -0.05) is 22.0 Å². The van der Waals surface area contributed by atoms with Crippen LogP contribution in [0.2, 0.25) is 0 Å². The van der Waals surface area contributed by atoms with Crippen LogP contribution in [0.15, 0.2) is 45.5 Å². The van der Waals surface area contributed by atoms with Crippen molar-refractivity contribution in [2.75, 3.05) is 0 Å². The Morgan fingerprint density at radius 2 is 2.17 bits per heavy atom. The highest BCUT2D eigenvalue weighted by molar-refractivity contribution is 9.10. The van der Waals surface area contributed by atoms with E-state index < -0.39 is 0 Å². The molecule has 0 spiro atoms. The molecule has 1 amide bonds. The standard InChI is InChI=1S/C14H14BrNO2/c1-9-5-6-11(8-12(9)15)14(17)16-10(2)13-4-3-7-18-13/h3-8,10H,1-2H3,(H,16,17). The van der Waals surface area contributed by atoms with Crippen LogP contribution in [0.1, 0.15) is 34.6 Å². The van der Waals surface area contributed by atoms with Crippen molar-refractivity contribution in [3.8, 4) is 0 Å². The predicted molar refractivity (Wildman–Crippen MR) is 73.5 cm³/mol. The van der Waals surface area contributed by atoms with Crippen molar-refractivity contribution in [3.63, 3.8) is 0 Å². The van der Waals surface area contributed by atoms with Gasteiger partial charge in [-0.15, -0.1) is 0 Å². The van der Waals surface area contributed by atoms with E-state index in [4.69, 9.17) is 4.42 Å². The van der Waals surface area contributed by atoms with Crippen LogP contribution in [-0.4, -0.2) is 5.91 Å². The molecule has 94 valence electrons. The van der Waals surface area contributed by atoms with Gasteiger partial charge in [0.05, 0.1) is 12.3 Å². The zero-order valence-corrected chi connectivity index (χ0v) is 11.8. The molecule has 4 heteroatoms. The molecule has 1 unspecified atom stereocenters. The minimum absolute atomic E-state index is 0.111. The second-order valence-electron chi connectivity index (χ2n) is 4.17. The third kappa shape index (κ3) is 2.82. The fourth-order valence-corrected chi connectivity index (χ4v) is 2.00. The molecule has 1 atom stereocenters. The largest absolute Gasteiger partial charge is 0.467 e. The highest BCUT2D eigenvalue weighted by Gasteiger charge is 2.13. The van der Waals surface area contributed by atoms with E-state index in [9.17, 15) is 4.79 Å². The van der Waals surface area contributed by atoms with Gasteiger partial charge in [0.1, 0.15) is 5.76 Å². The fourth-order valence-electron chi connectivity index (χ4n) is 1.62. The van der Waals surface area contributed by atoms with Crippen LogP contribution in [0, 0.1) is 6.92 Å². The number of furan rings is 1. The molecule has 0 bridgehead atoms. The molecule has 2 aromatic rings. The topological polar surface area (TPSA) is 42.2 Å². The highest BCUT2D eigenvalue weighted by atomic mass is 79.9. The number of nitrogens with one attached hydrogen (secondary N) is 1. The van der Waals surface area contributed by atoms with Crippen LogP contribution in [0.4, 0.5) is 0 Å². The van der Waals surface area contributed by atoms with Crippen LogP contribution in [0.25, 0.3) is 0 Å². The number of halogens is 1. The quantitative estimate of drug-likeness (QED) is 0.936. The summed E-state index contributed by atoms with van der Waals surface area (Å²) in [5.41, 5.74) is 1.73. The molecule has 1 heterocycles. The monoisotopic (exact) mass is 307 g/mol. The Balaban J connectivity index is 2.10. The molecule has 0 aliphatic carbocycles. The molecule has 0 radical (unpaired) electrons. The molecule has 0 aliphatic rings. The van der Waals surface area contributed by atoms with Crippen molar-refractivity contribution in [3.05, 3.63) is 58.0 Å². The first-order chi connectivity index (χ1) is 8.58. The van der Waals surface area contributed by atoms with Crippen molar-refractivity contribution in [1.82, 2.24) is 5.32 Å². The molecule has 0 aliphatic heterocycles. The smallest absolute Gasteiger partial charge is 0.251 e. The van der Waals surface area contributed by atoms with Crippen LogP contribution in [0.5, 0.6) is 0 Å². The van der Waals surface area contributed by atoms with Gasteiger partial charge >= 0.3 is 0 Å². The molecule has 0 saturated heterocycles. The molecule has 0 fully saturated rings. The molecule has 0 saturated carbocycles. The number of carbonyl (C=O) groups excluding carboxylic acids is 1. The molecule has 1 N–H and O–H groups in total. The van der Waals surface area contributed by atoms with E-state index in [-0.39, 0.29) is 11.9 Å². The van der Waals surface area contributed by atoms with E-state index in [0.717, 1.165) is 15.8 Å². The zero-order valence-electron chi connectivity index (χ0n) is 10.2. The number of aryl methyl sites for hydroxylation is 1. The molecular weight excluding hydrogens is 294 g/mol. The molecular formula is C14H14BrNO2. The van der Waals surface area contributed by atoms with Gasteiger partial charge in [0.15, 0.2) is 0 Å². The molecule has 2 rings (SSSR count). The summed E-state index contributed by atoms with van der Waals surface area (Å²) in [4.78, 5) is 12.0. The van der Waals surface area contributed by atoms with E-state index in [1.54, 1.807) is 12.3 Å². The van der Waals surface area contributed by atoms with Gasteiger partial charge in [0.2, 0.25) is 0 Å². The number of carbonyl (C=O) groups is 1. The lowest BCUT2D eigenvalue weighted by Crippen LogP contribution is -2.26. The van der Waals surface area contributed by atoms with Gasteiger partial charge in [-0.05, 0) is 43.7 Å². The summed E-state index contributed by atoms with van der Waals surface area (Å²) in [5, 5.41) is 2.89. The van der Waals surface area contributed by atoms with Crippen molar-refractivity contribution >= 4 is 21.8 Å². The van der Waals surface area contributed by atoms with Crippen LogP contribution >= 0.6 is 15.9 Å². The number of hydrogen-bond donors (Lipinski definition) is 1. The van der Waals surface area contributed by atoms with Crippen molar-refractivity contribution in [2.45, 2.75) is 19.9 Å². The normalized spacial score (nSPS) is 12.2. The first-order valence-corrected chi connectivity index (χ1v) is 6.47. The average molecular weight is 308 g/mol. The summed E-state index contributed by atoms with van der Waals surface area (Å²) in [7, 11) is 0. The maximum atomic E-state index is 12.0. The van der Waals surface area contributed by atoms with Crippen molar-refractivity contribution in [1.29, 1.82) is 0 Å². The number of hydrogen-bond acceptors (Lipinski definition) is 2. The van der Waals surface area contributed by atoms with E-state index in [2.05, 4.69) is 21.2 Å². The summed E-state index contributed by atoms with van der Waals surface area (Å²) in [5.74, 6) is 0.633. The Hall–Kier alpha value is -1.55. The van der Waals surface area contributed by atoms with Gasteiger partial charge in [0, 0.05) is 10.0 Å². The van der Waals surface area contributed by atoms with Gasteiger partial charge in [0.25, 0.3) is 5.91 Å². The van der Waals surface area contributed by atoms with Gasteiger partial charge in [-0.25, -0.2) is 0 Å². The first-order valence-electron chi connectivity index (χ1n) is 5.68. The van der Waals surface area contributed by atoms with Crippen LogP contribution < -0.4 is 5.32 Å². The second kappa shape index (κ2) is 5.40. The third-order valence-corrected chi connectivity index (χ3v) is 3.61. The molecule has 18 heavy (non-hydrogen) atoms. The minimum Gasteiger partial charge on any atom is -0.467 e. The van der Waals surface area contributed by atoms with Gasteiger partial charge in [-0.2, -0.15) is 0 Å². The Bertz CT molecular complexity index is 549. The Morgan fingerprint density at radius 3 is 2.78 bits per heavy atom. The maximum Gasteiger partial charge on any atom is 0.251 e. The van der Waals surface area contributed by atoms with Crippen LogP contribution in [0.3, 0.4) is 0 Å². The number of benzene rings is 1. The minimum atomic E-state index is -0.146.